The Morgan fingerprint density at radius 1 is 1.35 bits per heavy atom. The van der Waals surface area contributed by atoms with Gasteiger partial charge in [0.2, 0.25) is 0 Å². The van der Waals surface area contributed by atoms with E-state index in [4.69, 9.17) is 5.11 Å². The summed E-state index contributed by atoms with van der Waals surface area (Å²) in [7, 11) is 0. The van der Waals surface area contributed by atoms with Gasteiger partial charge < -0.3 is 10.0 Å². The summed E-state index contributed by atoms with van der Waals surface area (Å²) in [5.41, 5.74) is 2.00. The van der Waals surface area contributed by atoms with E-state index in [0.29, 0.717) is 12.4 Å². The molecule has 2 aliphatic heterocycles. The number of benzene rings is 1. The topological polar surface area (TPSA) is 65.3 Å². The highest BCUT2D eigenvalue weighted by molar-refractivity contribution is 6.38. The van der Waals surface area contributed by atoms with Crippen LogP contribution in [0.4, 0.5) is 11.4 Å². The van der Waals surface area contributed by atoms with Gasteiger partial charge in [-0.1, -0.05) is 12.1 Å². The van der Waals surface area contributed by atoms with Crippen LogP contribution in [0.15, 0.2) is 46.0 Å². The molecular formula is C12H9N3O2. The number of carboxylic acid groups (broad SMARTS) is 1. The number of nitrogens with zero attached hydrogens (tertiary/aromatic N) is 3. The Balaban J connectivity index is 2.08. The molecule has 0 amide bonds. The average molecular weight is 227 g/mol. The fourth-order valence-corrected chi connectivity index (χ4v) is 1.87. The van der Waals surface area contributed by atoms with Crippen LogP contribution in [0.3, 0.4) is 0 Å². The van der Waals surface area contributed by atoms with Gasteiger partial charge in [-0.3, -0.25) is 4.99 Å². The molecule has 0 saturated carbocycles. The number of hydrogen-bond acceptors (Lipinski definition) is 4. The van der Waals surface area contributed by atoms with Crippen LogP contribution < -0.4 is 4.90 Å². The molecule has 17 heavy (non-hydrogen) atoms. The van der Waals surface area contributed by atoms with Gasteiger partial charge >= 0.3 is 5.97 Å². The second-order valence-electron chi connectivity index (χ2n) is 3.78. The number of para-hydroxylation sites is 2. The Kier molecular flexibility index (Phi) is 2.04. The maximum atomic E-state index is 10.9. The molecule has 1 aromatic carbocycles. The fraction of sp³-hybridized carbons (Fsp3) is 0.0833. The minimum Gasteiger partial charge on any atom is -0.478 e. The highest BCUT2D eigenvalue weighted by Gasteiger charge is 2.25. The summed E-state index contributed by atoms with van der Waals surface area (Å²) in [6.07, 6.45) is 3.03. The molecule has 84 valence electrons. The number of hydrogen-bond donors (Lipinski definition) is 1. The molecule has 0 bridgehead atoms. The molecule has 0 atom stereocenters. The van der Waals surface area contributed by atoms with Gasteiger partial charge in [-0.05, 0) is 12.1 Å². The minimum atomic E-state index is -0.937. The molecule has 5 nitrogen and oxygen atoms in total. The zero-order chi connectivity index (χ0) is 11.8. The number of fused-ring (bicyclic) bond motifs is 3. The summed E-state index contributed by atoms with van der Waals surface area (Å²) in [5.74, 6) is -0.263. The number of carboxylic acids is 1. The Morgan fingerprint density at radius 2 is 2.18 bits per heavy atom. The molecule has 0 unspecified atom stereocenters. The average Bonchev–Trinajstić information content (AvgIpc) is 2.38. The van der Waals surface area contributed by atoms with Crippen molar-refractivity contribution < 1.29 is 9.90 Å². The van der Waals surface area contributed by atoms with E-state index in [1.165, 1.54) is 6.20 Å². The third-order valence-electron chi connectivity index (χ3n) is 2.72. The summed E-state index contributed by atoms with van der Waals surface area (Å²) in [4.78, 5) is 21.2. The van der Waals surface area contributed by atoms with Gasteiger partial charge in [0, 0.05) is 6.20 Å². The third kappa shape index (κ3) is 1.52. The second kappa shape index (κ2) is 3.55. The summed E-state index contributed by atoms with van der Waals surface area (Å²) in [5, 5.41) is 8.98. The molecule has 0 radical (unpaired) electrons. The van der Waals surface area contributed by atoms with E-state index in [9.17, 15) is 4.79 Å². The van der Waals surface area contributed by atoms with Crippen molar-refractivity contribution in [2.24, 2.45) is 9.98 Å². The van der Waals surface area contributed by atoms with E-state index in [1.807, 2.05) is 29.2 Å². The van der Waals surface area contributed by atoms with E-state index in [2.05, 4.69) is 9.98 Å². The maximum absolute atomic E-state index is 10.9. The van der Waals surface area contributed by atoms with Crippen LogP contribution in [0.2, 0.25) is 0 Å². The van der Waals surface area contributed by atoms with Gasteiger partial charge in [0.05, 0.1) is 29.7 Å². The molecule has 1 aromatic rings. The first-order valence-corrected chi connectivity index (χ1v) is 5.16. The van der Waals surface area contributed by atoms with Gasteiger partial charge in [0.1, 0.15) is 0 Å². The predicted molar refractivity (Wildman–Crippen MR) is 65.1 cm³/mol. The maximum Gasteiger partial charge on any atom is 0.334 e. The van der Waals surface area contributed by atoms with Gasteiger partial charge in [-0.2, -0.15) is 0 Å². The standard InChI is InChI=1S/C12H9N3O2/c16-12(17)8-5-14-11-6-13-9-3-1-2-4-10(9)15(11)7-8/h1-6H,7H2,(H,16,17). The van der Waals surface area contributed by atoms with E-state index in [-0.39, 0.29) is 5.57 Å². The van der Waals surface area contributed by atoms with E-state index >= 15 is 0 Å². The molecular weight excluding hydrogens is 218 g/mol. The van der Waals surface area contributed by atoms with Crippen LogP contribution in [-0.2, 0) is 4.79 Å². The van der Waals surface area contributed by atoms with Crippen molar-refractivity contribution in [1.82, 2.24) is 0 Å². The van der Waals surface area contributed by atoms with Gasteiger partial charge in [-0.25, -0.2) is 9.79 Å². The lowest BCUT2D eigenvalue weighted by Crippen LogP contribution is -2.38. The van der Waals surface area contributed by atoms with Gasteiger partial charge in [0.25, 0.3) is 0 Å². The van der Waals surface area contributed by atoms with Crippen LogP contribution in [0.1, 0.15) is 0 Å². The van der Waals surface area contributed by atoms with E-state index in [1.54, 1.807) is 6.21 Å². The second-order valence-corrected chi connectivity index (χ2v) is 3.78. The van der Waals surface area contributed by atoms with Crippen molar-refractivity contribution >= 4 is 29.4 Å². The number of aliphatic carboxylic acids is 1. The molecule has 0 aliphatic carbocycles. The Hall–Kier alpha value is -2.43. The van der Waals surface area contributed by atoms with Crippen molar-refractivity contribution in [3.8, 4) is 0 Å². The van der Waals surface area contributed by atoms with Crippen molar-refractivity contribution in [2.45, 2.75) is 0 Å². The summed E-state index contributed by atoms with van der Waals surface area (Å²) < 4.78 is 0. The molecule has 0 saturated heterocycles. The number of amidine groups is 1. The molecule has 2 aliphatic rings. The monoisotopic (exact) mass is 227 g/mol. The van der Waals surface area contributed by atoms with Crippen molar-refractivity contribution in [3.05, 3.63) is 36.0 Å². The number of carbonyl (C=O) groups is 1. The highest BCUT2D eigenvalue weighted by atomic mass is 16.4. The first kappa shape index (κ1) is 9.77. The van der Waals surface area contributed by atoms with E-state index < -0.39 is 5.97 Å². The van der Waals surface area contributed by atoms with Crippen molar-refractivity contribution in [1.29, 1.82) is 0 Å². The van der Waals surface area contributed by atoms with Crippen molar-refractivity contribution in [3.63, 3.8) is 0 Å². The highest BCUT2D eigenvalue weighted by Crippen LogP contribution is 2.32. The quantitative estimate of drug-likeness (QED) is 0.792. The van der Waals surface area contributed by atoms with Crippen LogP contribution in [0, 0.1) is 0 Å². The summed E-state index contributed by atoms with van der Waals surface area (Å²) in [6, 6.07) is 7.60. The molecule has 0 aromatic heterocycles. The van der Waals surface area contributed by atoms with Crippen molar-refractivity contribution in [2.75, 3.05) is 11.4 Å². The SMILES string of the molecule is O=C(O)C1=CN=C2C=Nc3ccccc3N2C1. The number of anilines is 1. The zero-order valence-corrected chi connectivity index (χ0v) is 8.87. The van der Waals surface area contributed by atoms with Crippen LogP contribution in [0.25, 0.3) is 0 Å². The smallest absolute Gasteiger partial charge is 0.334 e. The third-order valence-corrected chi connectivity index (χ3v) is 2.72. The lowest BCUT2D eigenvalue weighted by atomic mass is 10.1. The molecule has 5 heteroatoms. The zero-order valence-electron chi connectivity index (χ0n) is 8.87. The van der Waals surface area contributed by atoms with Crippen LogP contribution in [0.5, 0.6) is 0 Å². The van der Waals surface area contributed by atoms with Gasteiger partial charge in [-0.15, -0.1) is 0 Å². The number of aliphatic imine (C=N–C) groups is 2. The van der Waals surface area contributed by atoms with Gasteiger partial charge in [0.15, 0.2) is 5.84 Å². The summed E-state index contributed by atoms with van der Waals surface area (Å²) in [6.45, 7) is 0.317. The first-order chi connectivity index (χ1) is 8.25. The Bertz CT molecular complexity index is 587. The predicted octanol–water partition coefficient (Wildman–Crippen LogP) is 1.59. The molecule has 0 fully saturated rings. The molecule has 0 spiro atoms. The van der Waals surface area contributed by atoms with Crippen LogP contribution in [-0.4, -0.2) is 29.7 Å². The molecule has 3 rings (SSSR count). The normalized spacial score (nSPS) is 16.8. The molecule has 1 N–H and O–H groups in total. The lowest BCUT2D eigenvalue weighted by molar-refractivity contribution is -0.132. The minimum absolute atomic E-state index is 0.277. The largest absolute Gasteiger partial charge is 0.478 e. The van der Waals surface area contributed by atoms with Crippen LogP contribution >= 0.6 is 0 Å². The molecule has 2 heterocycles. The Morgan fingerprint density at radius 3 is 3.00 bits per heavy atom. The Labute approximate surface area is 97.4 Å². The fourth-order valence-electron chi connectivity index (χ4n) is 1.87. The first-order valence-electron chi connectivity index (χ1n) is 5.16. The summed E-state index contributed by atoms with van der Waals surface area (Å²) >= 11 is 0. The number of rotatable bonds is 1. The van der Waals surface area contributed by atoms with E-state index in [0.717, 1.165) is 11.4 Å². The lowest BCUT2D eigenvalue weighted by Gasteiger charge is -2.30.